The third-order valence-electron chi connectivity index (χ3n) is 5.99. The maximum atomic E-state index is 3.88. The van der Waals surface area contributed by atoms with E-state index in [1.165, 1.54) is 22.3 Å². The fourth-order valence-corrected chi connectivity index (χ4v) is 4.35. The maximum absolute atomic E-state index is 3.88. The van der Waals surface area contributed by atoms with E-state index in [9.17, 15) is 0 Å². The van der Waals surface area contributed by atoms with E-state index in [-0.39, 0.29) is 0 Å². The lowest BCUT2D eigenvalue weighted by Crippen LogP contribution is -2.42. The lowest BCUT2D eigenvalue weighted by atomic mass is 10.0. The molecule has 4 rings (SSSR count). The molecule has 0 spiro atoms. The first-order valence-corrected chi connectivity index (χ1v) is 12.0. The number of rotatable bonds is 12. The van der Waals surface area contributed by atoms with Gasteiger partial charge in [-0.05, 0) is 41.6 Å². The summed E-state index contributed by atoms with van der Waals surface area (Å²) in [4.78, 5) is 2.58. The first kappa shape index (κ1) is 23.0. The van der Waals surface area contributed by atoms with Crippen LogP contribution < -0.4 is 5.32 Å². The van der Waals surface area contributed by atoms with E-state index >= 15 is 0 Å². The Kier molecular flexibility index (Phi) is 8.87. The zero-order valence-corrected chi connectivity index (χ0v) is 19.3. The molecular weight excluding hydrogens is 400 g/mol. The second-order valence-electron chi connectivity index (χ2n) is 8.72. The van der Waals surface area contributed by atoms with Gasteiger partial charge in [0.2, 0.25) is 0 Å². The Bertz CT molecular complexity index is 992. The van der Waals surface area contributed by atoms with Crippen molar-refractivity contribution in [1.82, 2.24) is 10.2 Å². The molecule has 1 N–H and O–H groups in total. The molecule has 168 valence electrons. The summed E-state index contributed by atoms with van der Waals surface area (Å²) in [5.74, 6) is 0. The summed E-state index contributed by atoms with van der Waals surface area (Å²) in [6.07, 6.45) is 2.07. The number of benzene rings is 4. The molecule has 33 heavy (non-hydrogen) atoms. The molecule has 0 saturated heterocycles. The Labute approximate surface area is 198 Å². The molecule has 0 bridgehead atoms. The SMILES string of the molecule is c1ccc(CCN[C@H](Cc2ccccc2)CN(Cc2ccccc2)Cc2ccccc2)cc1. The number of nitrogens with one attached hydrogen (secondary N) is 1. The van der Waals surface area contributed by atoms with Gasteiger partial charge >= 0.3 is 0 Å². The fourth-order valence-electron chi connectivity index (χ4n) is 4.35. The highest BCUT2D eigenvalue weighted by atomic mass is 15.1. The summed E-state index contributed by atoms with van der Waals surface area (Å²) in [5, 5.41) is 3.88. The van der Waals surface area contributed by atoms with Gasteiger partial charge in [0.1, 0.15) is 0 Å². The lowest BCUT2D eigenvalue weighted by Gasteiger charge is -2.29. The summed E-state index contributed by atoms with van der Waals surface area (Å²) in [6.45, 7) is 3.86. The van der Waals surface area contributed by atoms with Crippen LogP contribution in [-0.2, 0) is 25.9 Å². The van der Waals surface area contributed by atoms with E-state index in [1.54, 1.807) is 0 Å². The van der Waals surface area contributed by atoms with Crippen molar-refractivity contribution in [3.63, 3.8) is 0 Å². The van der Waals surface area contributed by atoms with Gasteiger partial charge in [-0.2, -0.15) is 0 Å². The van der Waals surface area contributed by atoms with Crippen molar-refractivity contribution in [1.29, 1.82) is 0 Å². The third kappa shape index (κ3) is 8.02. The van der Waals surface area contributed by atoms with E-state index in [1.807, 2.05) is 0 Å². The summed E-state index contributed by atoms with van der Waals surface area (Å²) in [6, 6.07) is 43.6. The van der Waals surface area contributed by atoms with Crippen molar-refractivity contribution >= 4 is 0 Å². The minimum absolute atomic E-state index is 0.378. The summed E-state index contributed by atoms with van der Waals surface area (Å²) < 4.78 is 0. The Morgan fingerprint density at radius 3 is 1.42 bits per heavy atom. The number of nitrogens with zero attached hydrogens (tertiary/aromatic N) is 1. The number of hydrogen-bond donors (Lipinski definition) is 1. The van der Waals surface area contributed by atoms with E-state index in [2.05, 4.69) is 132 Å². The highest BCUT2D eigenvalue weighted by Crippen LogP contribution is 2.13. The molecule has 0 fully saturated rings. The minimum Gasteiger partial charge on any atom is -0.312 e. The first-order chi connectivity index (χ1) is 16.3. The molecule has 0 amide bonds. The van der Waals surface area contributed by atoms with E-state index < -0.39 is 0 Å². The van der Waals surface area contributed by atoms with Gasteiger partial charge in [-0.3, -0.25) is 4.90 Å². The monoisotopic (exact) mass is 434 g/mol. The van der Waals surface area contributed by atoms with Gasteiger partial charge in [0.05, 0.1) is 0 Å². The smallest absolute Gasteiger partial charge is 0.0237 e. The minimum atomic E-state index is 0.378. The van der Waals surface area contributed by atoms with Crippen LogP contribution in [0.2, 0.25) is 0 Å². The topological polar surface area (TPSA) is 15.3 Å². The van der Waals surface area contributed by atoms with Crippen LogP contribution in [0.3, 0.4) is 0 Å². The average Bonchev–Trinajstić information content (AvgIpc) is 2.86. The Morgan fingerprint density at radius 1 is 0.515 bits per heavy atom. The van der Waals surface area contributed by atoms with Gasteiger partial charge in [0, 0.05) is 25.7 Å². The van der Waals surface area contributed by atoms with Crippen molar-refractivity contribution in [3.05, 3.63) is 144 Å². The zero-order chi connectivity index (χ0) is 22.6. The second-order valence-corrected chi connectivity index (χ2v) is 8.72. The van der Waals surface area contributed by atoms with Crippen LogP contribution in [0.1, 0.15) is 22.3 Å². The lowest BCUT2D eigenvalue weighted by molar-refractivity contribution is 0.224. The maximum Gasteiger partial charge on any atom is 0.0237 e. The molecular formula is C31H34N2. The summed E-state index contributed by atoms with van der Waals surface area (Å²) >= 11 is 0. The quantitative estimate of drug-likeness (QED) is 0.288. The Balaban J connectivity index is 1.47. The van der Waals surface area contributed by atoms with Gasteiger partial charge in [-0.1, -0.05) is 121 Å². The van der Waals surface area contributed by atoms with Gasteiger partial charge in [0.25, 0.3) is 0 Å². The van der Waals surface area contributed by atoms with Crippen molar-refractivity contribution in [3.8, 4) is 0 Å². The van der Waals surface area contributed by atoms with Gasteiger partial charge in [0.15, 0.2) is 0 Å². The highest BCUT2D eigenvalue weighted by Gasteiger charge is 2.16. The molecule has 4 aromatic carbocycles. The van der Waals surface area contributed by atoms with Crippen LogP contribution in [0.15, 0.2) is 121 Å². The Morgan fingerprint density at radius 2 is 0.939 bits per heavy atom. The largest absolute Gasteiger partial charge is 0.312 e. The molecule has 2 nitrogen and oxygen atoms in total. The highest BCUT2D eigenvalue weighted by molar-refractivity contribution is 5.19. The molecule has 0 aliphatic carbocycles. The fraction of sp³-hybridized carbons (Fsp3) is 0.226. The standard InChI is InChI=1S/C31H34N2/c1-5-13-27(14-6-1)21-22-32-31(23-28-15-7-2-8-16-28)26-33(24-29-17-9-3-10-18-29)25-30-19-11-4-12-20-30/h1-20,31-32H,21-26H2/t31-/m1/s1. The molecule has 4 aromatic rings. The molecule has 0 aromatic heterocycles. The van der Waals surface area contributed by atoms with Crippen LogP contribution >= 0.6 is 0 Å². The first-order valence-electron chi connectivity index (χ1n) is 12.0. The predicted molar refractivity (Wildman–Crippen MR) is 139 cm³/mol. The Hall–Kier alpha value is -3.20. The normalized spacial score (nSPS) is 12.0. The molecule has 0 radical (unpaired) electrons. The molecule has 0 aliphatic rings. The second kappa shape index (κ2) is 12.7. The van der Waals surface area contributed by atoms with Gasteiger partial charge in [-0.15, -0.1) is 0 Å². The molecule has 0 saturated carbocycles. The number of hydrogen-bond acceptors (Lipinski definition) is 2. The van der Waals surface area contributed by atoms with Crippen LogP contribution in [0.4, 0.5) is 0 Å². The van der Waals surface area contributed by atoms with Crippen molar-refractivity contribution < 1.29 is 0 Å². The molecule has 0 heterocycles. The summed E-state index contributed by atoms with van der Waals surface area (Å²) in [5.41, 5.74) is 5.48. The summed E-state index contributed by atoms with van der Waals surface area (Å²) in [7, 11) is 0. The van der Waals surface area contributed by atoms with E-state index in [4.69, 9.17) is 0 Å². The molecule has 2 heteroatoms. The molecule has 0 aliphatic heterocycles. The molecule has 1 atom stereocenters. The van der Waals surface area contributed by atoms with Crippen molar-refractivity contribution in [2.45, 2.75) is 32.0 Å². The third-order valence-corrected chi connectivity index (χ3v) is 5.99. The average molecular weight is 435 g/mol. The van der Waals surface area contributed by atoms with Crippen LogP contribution in [0.25, 0.3) is 0 Å². The van der Waals surface area contributed by atoms with Crippen LogP contribution in [0.5, 0.6) is 0 Å². The van der Waals surface area contributed by atoms with Crippen LogP contribution in [0, 0.1) is 0 Å². The van der Waals surface area contributed by atoms with Crippen LogP contribution in [-0.4, -0.2) is 24.0 Å². The van der Waals surface area contributed by atoms with E-state index in [0.29, 0.717) is 6.04 Å². The van der Waals surface area contributed by atoms with Crippen molar-refractivity contribution in [2.24, 2.45) is 0 Å². The van der Waals surface area contributed by atoms with Gasteiger partial charge in [-0.25, -0.2) is 0 Å². The van der Waals surface area contributed by atoms with E-state index in [0.717, 1.165) is 39.0 Å². The van der Waals surface area contributed by atoms with Gasteiger partial charge < -0.3 is 5.32 Å². The zero-order valence-electron chi connectivity index (χ0n) is 19.3. The van der Waals surface area contributed by atoms with Crippen molar-refractivity contribution in [2.75, 3.05) is 13.1 Å². The predicted octanol–water partition coefficient (Wildman–Crippen LogP) is 6.13. The molecule has 0 unspecified atom stereocenters.